The lowest BCUT2D eigenvalue weighted by Crippen LogP contribution is -2.17. The lowest BCUT2D eigenvalue weighted by molar-refractivity contribution is -0.148. The third kappa shape index (κ3) is 34.1. The molecule has 0 saturated heterocycles. The Morgan fingerprint density at radius 2 is 0.795 bits per heavy atom. The third-order valence-electron chi connectivity index (χ3n) is 8.01. The van der Waals surface area contributed by atoms with Crippen LogP contribution in [0, 0.1) is 11.8 Å². The van der Waals surface area contributed by atoms with Crippen molar-refractivity contribution < 1.29 is 39.6 Å². The van der Waals surface area contributed by atoms with Crippen molar-refractivity contribution in [2.45, 2.75) is 181 Å². The Bertz CT molecular complexity index is 734. The standard InChI is InChI=1S/C20H38O4.C16H28O4/c1-2-3-4-5-6-7-8-9-10-11-12-13-14-15-16-18(20(23)24)17-19(21)22;1-2-3-4-5-6-7-8-9-10-11-12-14(16(19)20)13-15(17)18/h18H,2-17H2,1H3,(H,21,22)(H,23,24);10-11,14H,2-9,12-13H2,1H3,(H,17,18)(H,19,20). The van der Waals surface area contributed by atoms with Crippen molar-refractivity contribution in [1.29, 1.82) is 0 Å². The molecule has 8 nitrogen and oxygen atoms in total. The van der Waals surface area contributed by atoms with Gasteiger partial charge in [-0.3, -0.25) is 19.2 Å². The van der Waals surface area contributed by atoms with E-state index in [1.807, 2.05) is 6.08 Å². The Morgan fingerprint density at radius 3 is 1.16 bits per heavy atom. The van der Waals surface area contributed by atoms with Crippen LogP contribution < -0.4 is 0 Å². The Balaban J connectivity index is 0. The maximum atomic E-state index is 10.9. The molecule has 0 aliphatic rings. The van der Waals surface area contributed by atoms with Gasteiger partial charge in [0.25, 0.3) is 0 Å². The zero-order valence-electron chi connectivity index (χ0n) is 28.1. The Hall–Kier alpha value is -2.38. The largest absolute Gasteiger partial charge is 0.481 e. The maximum Gasteiger partial charge on any atom is 0.307 e. The van der Waals surface area contributed by atoms with Crippen LogP contribution in [0.25, 0.3) is 0 Å². The van der Waals surface area contributed by atoms with E-state index in [0.29, 0.717) is 12.8 Å². The van der Waals surface area contributed by atoms with Gasteiger partial charge in [-0.05, 0) is 25.7 Å². The van der Waals surface area contributed by atoms with E-state index in [-0.39, 0.29) is 12.8 Å². The summed E-state index contributed by atoms with van der Waals surface area (Å²) in [6.45, 7) is 4.46. The molecule has 0 amide bonds. The molecule has 2 atom stereocenters. The lowest BCUT2D eigenvalue weighted by atomic mass is 9.97. The quantitative estimate of drug-likeness (QED) is 0.0438. The van der Waals surface area contributed by atoms with Crippen molar-refractivity contribution in [3.63, 3.8) is 0 Å². The number of allylic oxidation sites excluding steroid dienone is 2. The zero-order valence-corrected chi connectivity index (χ0v) is 28.1. The first kappa shape index (κ1) is 43.7. The van der Waals surface area contributed by atoms with Gasteiger partial charge in [-0.15, -0.1) is 0 Å². The van der Waals surface area contributed by atoms with Crippen molar-refractivity contribution in [1.82, 2.24) is 0 Å². The number of unbranched alkanes of at least 4 members (excludes halogenated alkanes) is 20. The fourth-order valence-electron chi connectivity index (χ4n) is 5.19. The molecule has 0 aliphatic carbocycles. The second-order valence-electron chi connectivity index (χ2n) is 12.3. The van der Waals surface area contributed by atoms with Crippen LogP contribution in [0.2, 0.25) is 0 Å². The van der Waals surface area contributed by atoms with Gasteiger partial charge in [-0.25, -0.2) is 0 Å². The molecule has 0 rings (SSSR count). The molecule has 258 valence electrons. The third-order valence-corrected chi connectivity index (χ3v) is 8.01. The van der Waals surface area contributed by atoms with Gasteiger partial charge in [-0.1, -0.05) is 154 Å². The monoisotopic (exact) mass is 626 g/mol. The van der Waals surface area contributed by atoms with Gasteiger partial charge in [0.2, 0.25) is 0 Å². The minimum absolute atomic E-state index is 0.256. The van der Waals surface area contributed by atoms with E-state index in [1.54, 1.807) is 6.08 Å². The number of aliphatic carboxylic acids is 4. The van der Waals surface area contributed by atoms with E-state index in [1.165, 1.54) is 109 Å². The van der Waals surface area contributed by atoms with Crippen LogP contribution in [0.5, 0.6) is 0 Å². The topological polar surface area (TPSA) is 149 Å². The van der Waals surface area contributed by atoms with Gasteiger partial charge in [-0.2, -0.15) is 0 Å². The first-order valence-electron chi connectivity index (χ1n) is 17.7. The van der Waals surface area contributed by atoms with Gasteiger partial charge in [0.15, 0.2) is 0 Å². The van der Waals surface area contributed by atoms with Gasteiger partial charge < -0.3 is 20.4 Å². The molecule has 0 heterocycles. The molecule has 0 aromatic rings. The number of hydrogen-bond acceptors (Lipinski definition) is 4. The second kappa shape index (κ2) is 33.5. The van der Waals surface area contributed by atoms with Crippen molar-refractivity contribution >= 4 is 23.9 Å². The van der Waals surface area contributed by atoms with E-state index in [2.05, 4.69) is 13.8 Å². The summed E-state index contributed by atoms with van der Waals surface area (Å²) in [7, 11) is 0. The summed E-state index contributed by atoms with van der Waals surface area (Å²) in [6.07, 6.45) is 31.5. The highest BCUT2D eigenvalue weighted by atomic mass is 16.4. The summed E-state index contributed by atoms with van der Waals surface area (Å²) < 4.78 is 0. The minimum atomic E-state index is -1.06. The van der Waals surface area contributed by atoms with Gasteiger partial charge in [0.05, 0.1) is 24.7 Å². The van der Waals surface area contributed by atoms with Crippen molar-refractivity contribution in [3.8, 4) is 0 Å². The van der Waals surface area contributed by atoms with E-state index in [4.69, 9.17) is 20.4 Å². The van der Waals surface area contributed by atoms with Crippen LogP contribution in [0.4, 0.5) is 0 Å². The fourth-order valence-corrected chi connectivity index (χ4v) is 5.19. The minimum Gasteiger partial charge on any atom is -0.481 e. The average molecular weight is 627 g/mol. The van der Waals surface area contributed by atoms with Crippen molar-refractivity contribution in [3.05, 3.63) is 12.2 Å². The number of carbonyl (C=O) groups is 4. The molecule has 0 radical (unpaired) electrons. The molecule has 0 aromatic carbocycles. The highest BCUT2D eigenvalue weighted by molar-refractivity contribution is 5.78. The molecule has 44 heavy (non-hydrogen) atoms. The molecule has 0 spiro atoms. The lowest BCUT2D eigenvalue weighted by Gasteiger charge is -2.09. The number of carboxylic acids is 4. The second-order valence-corrected chi connectivity index (χ2v) is 12.3. The average Bonchev–Trinajstić information content (AvgIpc) is 2.96. The molecular weight excluding hydrogens is 560 g/mol. The molecule has 0 saturated carbocycles. The highest BCUT2D eigenvalue weighted by Gasteiger charge is 2.20. The summed E-state index contributed by atoms with van der Waals surface area (Å²) in [6, 6.07) is 0. The molecule has 2 unspecified atom stereocenters. The van der Waals surface area contributed by atoms with Gasteiger partial charge in [0.1, 0.15) is 0 Å². The van der Waals surface area contributed by atoms with Crippen LogP contribution in [-0.2, 0) is 19.2 Å². The normalized spacial score (nSPS) is 12.4. The van der Waals surface area contributed by atoms with Crippen LogP contribution in [-0.4, -0.2) is 44.3 Å². The van der Waals surface area contributed by atoms with Crippen LogP contribution in [0.1, 0.15) is 181 Å². The van der Waals surface area contributed by atoms with E-state index >= 15 is 0 Å². The number of rotatable bonds is 31. The van der Waals surface area contributed by atoms with Gasteiger partial charge >= 0.3 is 23.9 Å². The van der Waals surface area contributed by atoms with E-state index in [0.717, 1.165) is 32.1 Å². The predicted molar refractivity (Wildman–Crippen MR) is 178 cm³/mol. The Kier molecular flexibility index (Phi) is 33.3. The number of hydrogen-bond donors (Lipinski definition) is 4. The first-order chi connectivity index (χ1) is 21.1. The molecule has 0 aromatic heterocycles. The summed E-state index contributed by atoms with van der Waals surface area (Å²) in [4.78, 5) is 42.9. The molecule has 0 bridgehead atoms. The molecule has 0 fully saturated rings. The SMILES string of the molecule is CCCCCCCCCC=CCC(CC(=O)O)C(=O)O.CCCCCCCCCCCCCCCCC(CC(=O)O)C(=O)O. The first-order valence-corrected chi connectivity index (χ1v) is 17.7. The highest BCUT2D eigenvalue weighted by Crippen LogP contribution is 2.17. The molecular formula is C36H66O8. The van der Waals surface area contributed by atoms with Crippen molar-refractivity contribution in [2.24, 2.45) is 11.8 Å². The van der Waals surface area contributed by atoms with Crippen LogP contribution >= 0.6 is 0 Å². The molecule has 4 N–H and O–H groups in total. The zero-order chi connectivity index (χ0) is 33.3. The van der Waals surface area contributed by atoms with E-state index < -0.39 is 35.7 Å². The Morgan fingerprint density at radius 1 is 0.455 bits per heavy atom. The maximum absolute atomic E-state index is 10.9. The smallest absolute Gasteiger partial charge is 0.307 e. The summed E-state index contributed by atoms with van der Waals surface area (Å²) in [5.41, 5.74) is 0. The fraction of sp³-hybridized carbons (Fsp3) is 0.833. The van der Waals surface area contributed by atoms with Gasteiger partial charge in [0, 0.05) is 0 Å². The summed E-state index contributed by atoms with van der Waals surface area (Å²) in [5.74, 6) is -5.62. The summed E-state index contributed by atoms with van der Waals surface area (Å²) in [5, 5.41) is 35.1. The van der Waals surface area contributed by atoms with Crippen molar-refractivity contribution in [2.75, 3.05) is 0 Å². The summed E-state index contributed by atoms with van der Waals surface area (Å²) >= 11 is 0. The van der Waals surface area contributed by atoms with Crippen LogP contribution in [0.15, 0.2) is 12.2 Å². The van der Waals surface area contributed by atoms with Crippen LogP contribution in [0.3, 0.4) is 0 Å². The number of carboxylic acid groups (broad SMARTS) is 4. The predicted octanol–water partition coefficient (Wildman–Crippen LogP) is 10.3. The van der Waals surface area contributed by atoms with E-state index in [9.17, 15) is 19.2 Å². The Labute approximate surface area is 268 Å². The molecule has 8 heteroatoms. The molecule has 0 aliphatic heterocycles.